The lowest BCUT2D eigenvalue weighted by Crippen LogP contribution is -2.20. The lowest BCUT2D eigenvalue weighted by molar-refractivity contribution is 0.112. The first kappa shape index (κ1) is 12.0. The number of carbonyl (C=O) groups excluding carboxylic acids is 2. The Bertz CT molecular complexity index is 436. The third-order valence-electron chi connectivity index (χ3n) is 2.53. The number of hydrogen-bond acceptors (Lipinski definition) is 4. The number of hydrogen-bond donors (Lipinski definition) is 0. The second-order valence-corrected chi connectivity index (χ2v) is 4.91. The fourth-order valence-electron chi connectivity index (χ4n) is 1.63. The molecule has 1 aromatic rings. The van der Waals surface area contributed by atoms with Crippen molar-refractivity contribution in [3.63, 3.8) is 0 Å². The van der Waals surface area contributed by atoms with E-state index in [1.165, 1.54) is 11.8 Å². The average Bonchev–Trinajstić information content (AvgIpc) is 2.66. The van der Waals surface area contributed by atoms with Crippen LogP contribution in [0.5, 0.6) is 0 Å². The number of benzene rings is 1. The molecule has 1 amide bonds. The zero-order valence-electron chi connectivity index (χ0n) is 9.46. The summed E-state index contributed by atoms with van der Waals surface area (Å²) in [7, 11) is 1.71. The summed E-state index contributed by atoms with van der Waals surface area (Å²) in [5.41, 5.74) is 0.676. The number of cyclic esters (lactones) is 1. The molecule has 5 heteroatoms. The molecular formula is C12H13NO3S. The van der Waals surface area contributed by atoms with Crippen LogP contribution in [0.25, 0.3) is 0 Å². The predicted molar refractivity (Wildman–Crippen MR) is 65.5 cm³/mol. The number of rotatable bonds is 4. The van der Waals surface area contributed by atoms with Gasteiger partial charge in [-0.1, -0.05) is 18.2 Å². The summed E-state index contributed by atoms with van der Waals surface area (Å²) in [4.78, 5) is 24.5. The van der Waals surface area contributed by atoms with Crippen molar-refractivity contribution < 1.29 is 14.3 Å². The Kier molecular flexibility index (Phi) is 3.68. The van der Waals surface area contributed by atoms with Crippen LogP contribution in [0.3, 0.4) is 0 Å². The Morgan fingerprint density at radius 3 is 2.94 bits per heavy atom. The van der Waals surface area contributed by atoms with Crippen LogP contribution >= 0.6 is 11.8 Å². The van der Waals surface area contributed by atoms with Gasteiger partial charge in [0.05, 0.1) is 6.54 Å². The molecule has 0 bridgehead atoms. The van der Waals surface area contributed by atoms with Gasteiger partial charge < -0.3 is 9.64 Å². The van der Waals surface area contributed by atoms with Crippen molar-refractivity contribution in [3.05, 3.63) is 29.8 Å². The average molecular weight is 251 g/mol. The number of amides is 1. The van der Waals surface area contributed by atoms with E-state index in [1.54, 1.807) is 18.0 Å². The molecule has 1 aromatic carbocycles. The van der Waals surface area contributed by atoms with E-state index in [9.17, 15) is 9.59 Å². The zero-order chi connectivity index (χ0) is 12.3. The van der Waals surface area contributed by atoms with Gasteiger partial charge in [-0.3, -0.25) is 4.79 Å². The minimum Gasteiger partial charge on any atom is -0.443 e. The Morgan fingerprint density at radius 2 is 2.29 bits per heavy atom. The molecule has 1 aliphatic heterocycles. The van der Waals surface area contributed by atoms with E-state index in [0.717, 1.165) is 11.2 Å². The van der Waals surface area contributed by atoms with E-state index < -0.39 is 0 Å². The second kappa shape index (κ2) is 5.23. The van der Waals surface area contributed by atoms with Gasteiger partial charge in [-0.05, 0) is 6.07 Å². The van der Waals surface area contributed by atoms with E-state index in [2.05, 4.69) is 0 Å². The van der Waals surface area contributed by atoms with Crippen LogP contribution in [-0.4, -0.2) is 42.7 Å². The van der Waals surface area contributed by atoms with Crippen LogP contribution < -0.4 is 0 Å². The van der Waals surface area contributed by atoms with Gasteiger partial charge in [0.2, 0.25) is 0 Å². The highest BCUT2D eigenvalue weighted by atomic mass is 32.2. The van der Waals surface area contributed by atoms with Gasteiger partial charge in [0, 0.05) is 23.3 Å². The normalized spacial score (nSPS) is 19.2. The molecule has 0 spiro atoms. The first-order valence-corrected chi connectivity index (χ1v) is 6.28. The maximum absolute atomic E-state index is 11.2. The van der Waals surface area contributed by atoms with Crippen LogP contribution in [-0.2, 0) is 4.74 Å². The minimum absolute atomic E-state index is 0.0998. The Hall–Kier alpha value is -1.49. The van der Waals surface area contributed by atoms with Crippen molar-refractivity contribution in [2.75, 3.05) is 19.3 Å². The Balaban J connectivity index is 1.94. The van der Waals surface area contributed by atoms with Crippen molar-refractivity contribution in [3.8, 4) is 0 Å². The molecule has 1 aliphatic rings. The number of ether oxygens (including phenoxy) is 1. The summed E-state index contributed by atoms with van der Waals surface area (Å²) in [6.45, 7) is 0.606. The van der Waals surface area contributed by atoms with Crippen molar-refractivity contribution in [2.45, 2.75) is 11.0 Å². The second-order valence-electron chi connectivity index (χ2n) is 3.85. The van der Waals surface area contributed by atoms with E-state index >= 15 is 0 Å². The van der Waals surface area contributed by atoms with Gasteiger partial charge in [-0.25, -0.2) is 4.79 Å². The number of likely N-dealkylation sites (N-methyl/N-ethyl adjacent to an activating group) is 1. The summed E-state index contributed by atoms with van der Waals surface area (Å²) < 4.78 is 5.15. The molecule has 0 aliphatic carbocycles. The fraction of sp³-hybridized carbons (Fsp3) is 0.333. The zero-order valence-corrected chi connectivity index (χ0v) is 10.3. The SMILES string of the molecule is CN1CC(CSc2ccccc2C=O)OC1=O. The minimum atomic E-state index is -0.278. The monoisotopic (exact) mass is 251 g/mol. The van der Waals surface area contributed by atoms with Crippen LogP contribution in [0.2, 0.25) is 0 Å². The molecule has 0 radical (unpaired) electrons. The molecular weight excluding hydrogens is 238 g/mol. The molecule has 0 saturated carbocycles. The maximum Gasteiger partial charge on any atom is 0.409 e. The third kappa shape index (κ3) is 2.79. The highest BCUT2D eigenvalue weighted by molar-refractivity contribution is 7.99. The Morgan fingerprint density at radius 1 is 1.53 bits per heavy atom. The third-order valence-corrected chi connectivity index (χ3v) is 3.75. The summed E-state index contributed by atoms with van der Waals surface area (Å²) in [5, 5.41) is 0. The number of nitrogens with zero attached hydrogens (tertiary/aromatic N) is 1. The quantitative estimate of drug-likeness (QED) is 0.607. The number of carbonyl (C=O) groups is 2. The van der Waals surface area contributed by atoms with Crippen molar-refractivity contribution in [1.82, 2.24) is 4.90 Å². The van der Waals surface area contributed by atoms with Gasteiger partial charge in [0.25, 0.3) is 0 Å². The maximum atomic E-state index is 11.2. The van der Waals surface area contributed by atoms with Gasteiger partial charge >= 0.3 is 6.09 Å². The van der Waals surface area contributed by atoms with Crippen molar-refractivity contribution in [2.24, 2.45) is 0 Å². The summed E-state index contributed by atoms with van der Waals surface area (Å²) in [5.74, 6) is 0.668. The standard InChI is InChI=1S/C12H13NO3S/c1-13-6-10(16-12(13)15)8-17-11-5-3-2-4-9(11)7-14/h2-5,7,10H,6,8H2,1H3. The first-order chi connectivity index (χ1) is 8.20. The number of thioether (sulfide) groups is 1. The van der Waals surface area contributed by atoms with Gasteiger partial charge in [0.15, 0.2) is 6.29 Å². The molecule has 1 atom stereocenters. The highest BCUT2D eigenvalue weighted by Gasteiger charge is 2.28. The molecule has 17 heavy (non-hydrogen) atoms. The van der Waals surface area contributed by atoms with E-state index in [4.69, 9.17) is 4.74 Å². The van der Waals surface area contributed by atoms with Crippen LogP contribution in [0.1, 0.15) is 10.4 Å². The molecule has 0 N–H and O–H groups in total. The molecule has 1 saturated heterocycles. The van der Waals surface area contributed by atoms with Gasteiger partial charge in [-0.2, -0.15) is 0 Å². The molecule has 0 aromatic heterocycles. The van der Waals surface area contributed by atoms with Gasteiger partial charge in [-0.15, -0.1) is 11.8 Å². The molecule has 2 rings (SSSR count). The number of aldehydes is 1. The fourth-order valence-corrected chi connectivity index (χ4v) is 2.63. The predicted octanol–water partition coefficient (Wildman–Crippen LogP) is 2.04. The molecule has 90 valence electrons. The topological polar surface area (TPSA) is 46.6 Å². The van der Waals surface area contributed by atoms with E-state index in [1.807, 2.05) is 18.2 Å². The van der Waals surface area contributed by atoms with Crippen LogP contribution in [0.4, 0.5) is 4.79 Å². The van der Waals surface area contributed by atoms with Gasteiger partial charge in [0.1, 0.15) is 6.10 Å². The van der Waals surface area contributed by atoms with Crippen LogP contribution in [0, 0.1) is 0 Å². The highest BCUT2D eigenvalue weighted by Crippen LogP contribution is 2.24. The lowest BCUT2D eigenvalue weighted by Gasteiger charge is -2.08. The van der Waals surface area contributed by atoms with E-state index in [-0.39, 0.29) is 12.2 Å². The largest absolute Gasteiger partial charge is 0.443 e. The molecule has 1 unspecified atom stereocenters. The molecule has 4 nitrogen and oxygen atoms in total. The Labute approximate surface area is 104 Å². The van der Waals surface area contributed by atoms with E-state index in [0.29, 0.717) is 17.9 Å². The summed E-state index contributed by atoms with van der Waals surface area (Å²) >= 11 is 1.54. The van der Waals surface area contributed by atoms with Crippen molar-refractivity contribution in [1.29, 1.82) is 0 Å². The lowest BCUT2D eigenvalue weighted by atomic mass is 10.2. The van der Waals surface area contributed by atoms with Crippen molar-refractivity contribution >= 4 is 24.1 Å². The smallest absolute Gasteiger partial charge is 0.409 e. The summed E-state index contributed by atoms with van der Waals surface area (Å²) in [6, 6.07) is 7.40. The van der Waals surface area contributed by atoms with Crippen LogP contribution in [0.15, 0.2) is 29.2 Å². The molecule has 1 fully saturated rings. The first-order valence-electron chi connectivity index (χ1n) is 5.29. The summed E-state index contributed by atoms with van der Waals surface area (Å²) in [6.07, 6.45) is 0.464. The molecule has 1 heterocycles.